The quantitative estimate of drug-likeness (QED) is 0.691. The monoisotopic (exact) mass is 352 g/mol. The van der Waals surface area contributed by atoms with Crippen LogP contribution in [0.3, 0.4) is 0 Å². The molecule has 3 atom stereocenters. The van der Waals surface area contributed by atoms with Crippen LogP contribution in [0.4, 0.5) is 0 Å². The van der Waals surface area contributed by atoms with Crippen LogP contribution in [-0.4, -0.2) is 34.6 Å². The van der Waals surface area contributed by atoms with Crippen molar-refractivity contribution in [2.24, 2.45) is 5.92 Å². The average Bonchev–Trinajstić information content (AvgIpc) is 2.59. The molecule has 1 N–H and O–H groups in total. The van der Waals surface area contributed by atoms with Crippen LogP contribution < -0.4 is 0 Å². The van der Waals surface area contributed by atoms with Crippen LogP contribution in [-0.2, 0) is 20.3 Å². The zero-order chi connectivity index (χ0) is 17.4. The fourth-order valence-corrected chi connectivity index (χ4v) is 3.66. The lowest BCUT2D eigenvalue weighted by atomic mass is 9.99. The van der Waals surface area contributed by atoms with Gasteiger partial charge in [-0.05, 0) is 50.3 Å². The molecule has 1 aromatic rings. The van der Waals surface area contributed by atoms with Crippen molar-refractivity contribution in [1.29, 1.82) is 0 Å². The molecule has 134 valence electrons. The van der Waals surface area contributed by atoms with Gasteiger partial charge in [0.05, 0.1) is 23.2 Å². The van der Waals surface area contributed by atoms with E-state index >= 15 is 0 Å². The van der Waals surface area contributed by atoms with E-state index in [2.05, 4.69) is 13.0 Å². The predicted octanol–water partition coefficient (Wildman–Crippen LogP) is 3.55. The molecular formula is C19H28O4S. The number of aryl methyl sites for hydroxylation is 1. The van der Waals surface area contributed by atoms with Crippen LogP contribution >= 0.6 is 0 Å². The maximum Gasteiger partial charge on any atom is 0.199 e. The Labute approximate surface area is 147 Å². The lowest BCUT2D eigenvalue weighted by molar-refractivity contribution is -0.133. The summed E-state index contributed by atoms with van der Waals surface area (Å²) < 4.78 is 24.2. The van der Waals surface area contributed by atoms with Gasteiger partial charge in [0.1, 0.15) is 5.76 Å². The Morgan fingerprint density at radius 2 is 2.04 bits per heavy atom. The van der Waals surface area contributed by atoms with E-state index in [0.717, 1.165) is 41.9 Å². The molecule has 5 heteroatoms. The summed E-state index contributed by atoms with van der Waals surface area (Å²) in [5, 5.41) is 8.82. The first kappa shape index (κ1) is 19.2. The second kappa shape index (κ2) is 9.97. The van der Waals surface area contributed by atoms with E-state index in [9.17, 15) is 4.21 Å². The molecule has 1 aliphatic rings. The van der Waals surface area contributed by atoms with Crippen molar-refractivity contribution in [3.63, 3.8) is 0 Å². The highest BCUT2D eigenvalue weighted by atomic mass is 32.2. The Bertz CT molecular complexity index is 553. The standard InChI is InChI=1S/C19H28O4S/c1-3-16-12-17(23-19(13-16)22-11-5-4-10-20)14-24(21)18-8-6-15(2)7-9-18/h6-9,12,16,19-20H,3-5,10-11,13-14H2,1-2H3/t16-,19+,24?/m1/s1. The molecule has 2 rings (SSSR count). The average molecular weight is 352 g/mol. The highest BCUT2D eigenvalue weighted by Crippen LogP contribution is 2.27. The van der Waals surface area contributed by atoms with E-state index in [0.29, 0.717) is 18.3 Å². The van der Waals surface area contributed by atoms with Crippen molar-refractivity contribution in [3.8, 4) is 0 Å². The van der Waals surface area contributed by atoms with E-state index in [-0.39, 0.29) is 12.9 Å². The maximum atomic E-state index is 12.5. The number of ether oxygens (including phenoxy) is 2. The molecule has 1 aliphatic heterocycles. The number of hydrogen-bond donors (Lipinski definition) is 1. The number of benzene rings is 1. The van der Waals surface area contributed by atoms with Crippen LogP contribution in [0.1, 0.15) is 38.2 Å². The number of unbranched alkanes of at least 4 members (excludes halogenated alkanes) is 1. The summed E-state index contributed by atoms with van der Waals surface area (Å²) in [6.45, 7) is 4.93. The molecule has 24 heavy (non-hydrogen) atoms. The van der Waals surface area contributed by atoms with Crippen molar-refractivity contribution < 1.29 is 18.8 Å². The van der Waals surface area contributed by atoms with Gasteiger partial charge in [0.25, 0.3) is 0 Å². The zero-order valence-electron chi connectivity index (χ0n) is 14.6. The third-order valence-corrected chi connectivity index (χ3v) is 5.48. The fraction of sp³-hybridized carbons (Fsp3) is 0.579. The van der Waals surface area contributed by atoms with Crippen LogP contribution in [0.5, 0.6) is 0 Å². The van der Waals surface area contributed by atoms with Crippen LogP contribution in [0.2, 0.25) is 0 Å². The third-order valence-electron chi connectivity index (χ3n) is 4.14. The summed E-state index contributed by atoms with van der Waals surface area (Å²) in [4.78, 5) is 0.823. The molecule has 0 aliphatic carbocycles. The lowest BCUT2D eigenvalue weighted by Crippen LogP contribution is -2.27. The SMILES string of the molecule is CC[C@@H]1C=C(CS(=O)c2ccc(C)cc2)O[C@H](OCCCCO)C1. The first-order valence-electron chi connectivity index (χ1n) is 8.67. The van der Waals surface area contributed by atoms with Gasteiger partial charge < -0.3 is 14.6 Å². The van der Waals surface area contributed by atoms with Gasteiger partial charge in [0.15, 0.2) is 6.29 Å². The fourth-order valence-electron chi connectivity index (χ4n) is 2.63. The van der Waals surface area contributed by atoms with Gasteiger partial charge in [0.2, 0.25) is 0 Å². The van der Waals surface area contributed by atoms with E-state index in [1.54, 1.807) is 0 Å². The van der Waals surface area contributed by atoms with E-state index in [1.165, 1.54) is 0 Å². The van der Waals surface area contributed by atoms with Crippen molar-refractivity contribution >= 4 is 10.8 Å². The first-order chi connectivity index (χ1) is 11.6. The number of allylic oxidation sites excluding steroid dienone is 1. The summed E-state index contributed by atoms with van der Waals surface area (Å²) in [7, 11) is -1.11. The number of hydrogen-bond acceptors (Lipinski definition) is 4. The van der Waals surface area contributed by atoms with Crippen molar-refractivity contribution in [1.82, 2.24) is 0 Å². The zero-order valence-corrected chi connectivity index (χ0v) is 15.4. The largest absolute Gasteiger partial charge is 0.469 e. The Kier molecular flexibility index (Phi) is 7.95. The molecule has 0 amide bonds. The number of aliphatic hydroxyl groups excluding tert-OH is 1. The summed E-state index contributed by atoms with van der Waals surface area (Å²) >= 11 is 0. The van der Waals surface area contributed by atoms with Crippen LogP contribution in [0.15, 0.2) is 41.0 Å². The number of rotatable bonds is 9. The highest BCUT2D eigenvalue weighted by molar-refractivity contribution is 7.85. The molecule has 1 aromatic carbocycles. The molecular weight excluding hydrogens is 324 g/mol. The normalized spacial score (nSPS) is 21.9. The topological polar surface area (TPSA) is 55.8 Å². The second-order valence-electron chi connectivity index (χ2n) is 6.19. The molecule has 0 fully saturated rings. The van der Waals surface area contributed by atoms with E-state index < -0.39 is 10.8 Å². The van der Waals surface area contributed by atoms with E-state index in [4.69, 9.17) is 14.6 Å². The van der Waals surface area contributed by atoms with Gasteiger partial charge in [-0.2, -0.15) is 0 Å². The van der Waals surface area contributed by atoms with Gasteiger partial charge in [-0.3, -0.25) is 4.21 Å². The van der Waals surface area contributed by atoms with Gasteiger partial charge in [-0.1, -0.05) is 24.6 Å². The molecule has 0 radical (unpaired) electrons. The number of aliphatic hydroxyl groups is 1. The smallest absolute Gasteiger partial charge is 0.199 e. The van der Waals surface area contributed by atoms with Crippen LogP contribution in [0, 0.1) is 12.8 Å². The summed E-state index contributed by atoms with van der Waals surface area (Å²) in [6.07, 6.45) is 5.23. The Morgan fingerprint density at radius 3 is 2.71 bits per heavy atom. The molecule has 0 bridgehead atoms. The van der Waals surface area contributed by atoms with Crippen molar-refractivity contribution in [3.05, 3.63) is 41.7 Å². The van der Waals surface area contributed by atoms with Gasteiger partial charge in [-0.25, -0.2) is 0 Å². The molecule has 0 saturated heterocycles. The minimum absolute atomic E-state index is 0.188. The summed E-state index contributed by atoms with van der Waals surface area (Å²) in [5.74, 6) is 1.54. The highest BCUT2D eigenvalue weighted by Gasteiger charge is 2.24. The Balaban J connectivity index is 1.93. The van der Waals surface area contributed by atoms with Gasteiger partial charge >= 0.3 is 0 Å². The molecule has 4 nitrogen and oxygen atoms in total. The maximum absolute atomic E-state index is 12.5. The lowest BCUT2D eigenvalue weighted by Gasteiger charge is -2.29. The minimum Gasteiger partial charge on any atom is -0.469 e. The molecule has 0 saturated carbocycles. The van der Waals surface area contributed by atoms with Crippen molar-refractivity contribution in [2.75, 3.05) is 19.0 Å². The van der Waals surface area contributed by atoms with Crippen LogP contribution in [0.25, 0.3) is 0 Å². The predicted molar refractivity (Wildman–Crippen MR) is 96.1 cm³/mol. The van der Waals surface area contributed by atoms with Gasteiger partial charge in [0, 0.05) is 17.9 Å². The third kappa shape index (κ3) is 6.04. The minimum atomic E-state index is -1.11. The molecule has 0 aromatic heterocycles. The van der Waals surface area contributed by atoms with Crippen molar-refractivity contribution in [2.45, 2.75) is 50.7 Å². The first-order valence-corrected chi connectivity index (χ1v) is 9.99. The Hall–Kier alpha value is -1.17. The Morgan fingerprint density at radius 1 is 1.29 bits per heavy atom. The molecule has 1 unspecified atom stereocenters. The van der Waals surface area contributed by atoms with Gasteiger partial charge in [-0.15, -0.1) is 0 Å². The summed E-state index contributed by atoms with van der Waals surface area (Å²) in [6, 6.07) is 7.78. The molecule has 0 spiro atoms. The van der Waals surface area contributed by atoms with E-state index in [1.807, 2.05) is 31.2 Å². The molecule has 1 heterocycles. The summed E-state index contributed by atoms with van der Waals surface area (Å²) in [5.41, 5.74) is 1.16. The second-order valence-corrected chi connectivity index (χ2v) is 7.64.